The van der Waals surface area contributed by atoms with Crippen LogP contribution in [0, 0.1) is 0 Å². The Morgan fingerprint density at radius 2 is 2.17 bits per heavy atom. The van der Waals surface area contributed by atoms with Crippen LogP contribution in [-0.2, 0) is 6.61 Å². The summed E-state index contributed by atoms with van der Waals surface area (Å²) in [7, 11) is 4.21. The number of pyridine rings is 2. The van der Waals surface area contributed by atoms with Crippen molar-refractivity contribution in [2.24, 2.45) is 0 Å². The predicted molar refractivity (Wildman–Crippen MR) is 90.1 cm³/mol. The lowest BCUT2D eigenvalue weighted by Crippen LogP contribution is -2.31. The maximum absolute atomic E-state index is 12.1. The van der Waals surface area contributed by atoms with Gasteiger partial charge in [-0.05, 0) is 44.3 Å². The molecule has 1 saturated heterocycles. The minimum absolute atomic E-state index is 0.130. The third kappa shape index (κ3) is 3.28. The Morgan fingerprint density at radius 3 is 2.74 bits per heavy atom. The Hall–Kier alpha value is -2.18. The van der Waals surface area contributed by atoms with Crippen LogP contribution >= 0.6 is 0 Å². The van der Waals surface area contributed by atoms with Crippen molar-refractivity contribution < 1.29 is 5.11 Å². The van der Waals surface area contributed by atoms with Crippen molar-refractivity contribution in [3.8, 4) is 5.69 Å². The number of likely N-dealkylation sites (N-methyl/N-ethyl adjacent to an activating group) is 1. The second kappa shape index (κ2) is 6.52. The van der Waals surface area contributed by atoms with Gasteiger partial charge in [-0.25, -0.2) is 4.98 Å². The van der Waals surface area contributed by atoms with Crippen LogP contribution in [0.5, 0.6) is 0 Å². The van der Waals surface area contributed by atoms with E-state index >= 15 is 0 Å². The highest BCUT2D eigenvalue weighted by atomic mass is 16.3. The summed E-state index contributed by atoms with van der Waals surface area (Å²) in [5, 5.41) is 9.07. The van der Waals surface area contributed by atoms with Gasteiger partial charge in [-0.2, -0.15) is 0 Å². The molecule has 3 rings (SSSR count). The van der Waals surface area contributed by atoms with Crippen LogP contribution in [0.3, 0.4) is 0 Å². The van der Waals surface area contributed by atoms with Gasteiger partial charge < -0.3 is 14.9 Å². The molecule has 0 bridgehead atoms. The molecule has 1 atom stereocenters. The summed E-state index contributed by atoms with van der Waals surface area (Å²) in [6.45, 7) is 1.85. The van der Waals surface area contributed by atoms with Gasteiger partial charge in [0.05, 0.1) is 18.5 Å². The van der Waals surface area contributed by atoms with E-state index in [9.17, 15) is 4.79 Å². The van der Waals surface area contributed by atoms with Gasteiger partial charge in [-0.15, -0.1) is 0 Å². The number of hydrogen-bond donors (Lipinski definition) is 1. The second-order valence-electron chi connectivity index (χ2n) is 6.13. The topological polar surface area (TPSA) is 61.6 Å². The minimum Gasteiger partial charge on any atom is -0.392 e. The summed E-state index contributed by atoms with van der Waals surface area (Å²) >= 11 is 0. The van der Waals surface area contributed by atoms with E-state index in [1.54, 1.807) is 18.5 Å². The van der Waals surface area contributed by atoms with Crippen molar-refractivity contribution in [2.45, 2.75) is 19.1 Å². The molecule has 0 amide bonds. The van der Waals surface area contributed by atoms with Gasteiger partial charge in [0.1, 0.15) is 5.82 Å². The van der Waals surface area contributed by atoms with Gasteiger partial charge >= 0.3 is 0 Å². The molecular weight excluding hydrogens is 292 g/mol. The lowest BCUT2D eigenvalue weighted by atomic mass is 10.2. The molecule has 0 aromatic carbocycles. The average molecular weight is 314 g/mol. The van der Waals surface area contributed by atoms with E-state index in [1.807, 2.05) is 12.1 Å². The molecule has 1 N–H and O–H groups in total. The minimum atomic E-state index is -0.167. The van der Waals surface area contributed by atoms with E-state index in [2.05, 4.69) is 28.9 Å². The summed E-state index contributed by atoms with van der Waals surface area (Å²) in [5.41, 5.74) is 1.18. The van der Waals surface area contributed by atoms with Crippen LogP contribution < -0.4 is 10.5 Å². The first-order valence-electron chi connectivity index (χ1n) is 7.79. The van der Waals surface area contributed by atoms with E-state index in [-0.39, 0.29) is 12.2 Å². The van der Waals surface area contributed by atoms with Crippen molar-refractivity contribution in [1.29, 1.82) is 0 Å². The van der Waals surface area contributed by atoms with Crippen LogP contribution in [0.2, 0.25) is 0 Å². The first-order valence-corrected chi connectivity index (χ1v) is 7.79. The number of nitrogens with zero attached hydrogens (tertiary/aromatic N) is 4. The predicted octanol–water partition coefficient (Wildman–Crippen LogP) is 0.865. The molecule has 1 aliphatic rings. The maximum atomic E-state index is 12.1. The molecule has 2 aromatic rings. The second-order valence-corrected chi connectivity index (χ2v) is 6.13. The number of aromatic nitrogens is 2. The fourth-order valence-corrected chi connectivity index (χ4v) is 2.91. The van der Waals surface area contributed by atoms with Gasteiger partial charge in [-0.3, -0.25) is 9.36 Å². The fourth-order valence-electron chi connectivity index (χ4n) is 2.91. The van der Waals surface area contributed by atoms with Gasteiger partial charge in [0.2, 0.25) is 0 Å². The highest BCUT2D eigenvalue weighted by Crippen LogP contribution is 2.20. The molecule has 1 unspecified atom stereocenters. The zero-order chi connectivity index (χ0) is 16.4. The highest BCUT2D eigenvalue weighted by Gasteiger charge is 2.24. The summed E-state index contributed by atoms with van der Waals surface area (Å²) in [5.74, 6) is 0.943. The monoisotopic (exact) mass is 314 g/mol. The van der Waals surface area contributed by atoms with Crippen LogP contribution in [0.1, 0.15) is 12.0 Å². The zero-order valence-electron chi connectivity index (χ0n) is 13.5. The first-order chi connectivity index (χ1) is 11.1. The standard InChI is InChI=1S/C17H22N4O2/c1-19(2)15-6-7-20(11-15)16-4-3-14(10-18-16)21-8-5-13(12-22)9-17(21)23/h3-5,8-10,15,22H,6-7,11-12H2,1-2H3. The third-order valence-electron chi connectivity index (χ3n) is 4.39. The Kier molecular flexibility index (Phi) is 4.45. The quantitative estimate of drug-likeness (QED) is 0.907. The number of hydrogen-bond acceptors (Lipinski definition) is 5. The third-order valence-corrected chi connectivity index (χ3v) is 4.39. The Morgan fingerprint density at radius 1 is 1.35 bits per heavy atom. The fraction of sp³-hybridized carbons (Fsp3) is 0.412. The van der Waals surface area contributed by atoms with Crippen molar-refractivity contribution in [2.75, 3.05) is 32.1 Å². The number of aliphatic hydroxyl groups excluding tert-OH is 1. The summed E-state index contributed by atoms with van der Waals surface area (Å²) < 4.78 is 1.53. The average Bonchev–Trinajstić information content (AvgIpc) is 3.05. The zero-order valence-corrected chi connectivity index (χ0v) is 13.5. The van der Waals surface area contributed by atoms with Crippen molar-refractivity contribution in [3.63, 3.8) is 0 Å². The van der Waals surface area contributed by atoms with Crippen molar-refractivity contribution >= 4 is 5.82 Å². The largest absolute Gasteiger partial charge is 0.392 e. The molecule has 23 heavy (non-hydrogen) atoms. The normalized spacial score (nSPS) is 17.9. The SMILES string of the molecule is CN(C)C1CCN(c2ccc(-n3ccc(CO)cc3=O)cn2)C1. The molecule has 6 nitrogen and oxygen atoms in total. The van der Waals surface area contributed by atoms with E-state index in [0.717, 1.165) is 31.0 Å². The summed E-state index contributed by atoms with van der Waals surface area (Å²) in [6.07, 6.45) is 4.53. The maximum Gasteiger partial charge on any atom is 0.255 e. The molecule has 122 valence electrons. The molecular formula is C17H22N4O2. The number of rotatable bonds is 4. The van der Waals surface area contributed by atoms with Crippen molar-refractivity contribution in [1.82, 2.24) is 14.5 Å². The number of anilines is 1. The van der Waals surface area contributed by atoms with Gasteiger partial charge in [0, 0.05) is 31.4 Å². The Bertz CT molecular complexity index is 724. The molecule has 2 aromatic heterocycles. The lowest BCUT2D eigenvalue weighted by molar-refractivity contribution is 0.281. The van der Waals surface area contributed by atoms with E-state index in [4.69, 9.17) is 5.11 Å². The van der Waals surface area contributed by atoms with Gasteiger partial charge in [0.15, 0.2) is 0 Å². The Balaban J connectivity index is 1.79. The number of aliphatic hydroxyl groups is 1. The van der Waals surface area contributed by atoms with Crippen LogP contribution in [-0.4, -0.2) is 52.8 Å². The molecule has 0 radical (unpaired) electrons. The highest BCUT2D eigenvalue weighted by molar-refractivity contribution is 5.44. The Labute approximate surface area is 135 Å². The van der Waals surface area contributed by atoms with E-state index in [0.29, 0.717) is 11.6 Å². The van der Waals surface area contributed by atoms with Crippen LogP contribution in [0.15, 0.2) is 41.5 Å². The molecule has 0 saturated carbocycles. The van der Waals surface area contributed by atoms with Gasteiger partial charge in [0.25, 0.3) is 5.56 Å². The van der Waals surface area contributed by atoms with Crippen LogP contribution in [0.25, 0.3) is 5.69 Å². The van der Waals surface area contributed by atoms with Crippen LogP contribution in [0.4, 0.5) is 5.82 Å². The van der Waals surface area contributed by atoms with Gasteiger partial charge in [-0.1, -0.05) is 0 Å². The molecule has 6 heteroatoms. The summed E-state index contributed by atoms with van der Waals surface area (Å²) in [6, 6.07) is 7.60. The molecule has 0 spiro atoms. The molecule has 0 aliphatic carbocycles. The van der Waals surface area contributed by atoms with Crippen molar-refractivity contribution in [3.05, 3.63) is 52.6 Å². The summed E-state index contributed by atoms with van der Waals surface area (Å²) in [4.78, 5) is 21.1. The lowest BCUT2D eigenvalue weighted by Gasteiger charge is -2.21. The molecule has 1 aliphatic heterocycles. The van der Waals surface area contributed by atoms with E-state index < -0.39 is 0 Å². The first kappa shape index (κ1) is 15.7. The molecule has 1 fully saturated rings. The van der Waals surface area contributed by atoms with E-state index in [1.165, 1.54) is 10.6 Å². The molecule has 3 heterocycles. The smallest absolute Gasteiger partial charge is 0.255 e.